The number of nitrogens with zero attached hydrogens (tertiary/aromatic N) is 2. The van der Waals surface area contributed by atoms with Gasteiger partial charge in [-0.05, 0) is 13.0 Å². The van der Waals surface area contributed by atoms with Gasteiger partial charge in [-0.15, -0.1) is 11.3 Å². The van der Waals surface area contributed by atoms with E-state index in [0.717, 1.165) is 45.8 Å². The van der Waals surface area contributed by atoms with Crippen molar-refractivity contribution >= 4 is 22.4 Å². The molecule has 0 aliphatic carbocycles. The third-order valence-corrected chi connectivity index (χ3v) is 3.55. The van der Waals surface area contributed by atoms with Crippen molar-refractivity contribution < 1.29 is 14.6 Å². The monoisotopic (exact) mass is 271 g/mol. The van der Waals surface area contributed by atoms with Crippen molar-refractivity contribution in [2.45, 2.75) is 6.42 Å². The topological polar surface area (TPSA) is 74.7 Å². The largest absolute Gasteiger partial charge is 0.476 e. The first-order valence-corrected chi connectivity index (χ1v) is 6.86. The fraction of sp³-hybridized carbons (Fsp3) is 0.636. The number of rotatable bonds is 6. The molecular weight excluding hydrogens is 254 g/mol. The van der Waals surface area contributed by atoms with Gasteiger partial charge in [0, 0.05) is 25.0 Å². The molecule has 100 valence electrons. The van der Waals surface area contributed by atoms with Gasteiger partial charge in [-0.2, -0.15) is 0 Å². The highest BCUT2D eigenvalue weighted by Gasteiger charge is 2.10. The normalized spacial score (nSPS) is 16.7. The summed E-state index contributed by atoms with van der Waals surface area (Å²) in [5.74, 6) is -0.979. The Morgan fingerprint density at radius 1 is 1.56 bits per heavy atom. The van der Waals surface area contributed by atoms with E-state index in [1.165, 1.54) is 11.3 Å². The average molecular weight is 271 g/mol. The van der Waals surface area contributed by atoms with Crippen LogP contribution in [0.3, 0.4) is 0 Å². The van der Waals surface area contributed by atoms with E-state index in [0.29, 0.717) is 5.13 Å². The summed E-state index contributed by atoms with van der Waals surface area (Å²) in [7, 11) is 0. The first kappa shape index (κ1) is 13.3. The van der Waals surface area contributed by atoms with Gasteiger partial charge in [0.25, 0.3) is 0 Å². The Balaban J connectivity index is 1.63. The third kappa shape index (κ3) is 3.94. The predicted molar refractivity (Wildman–Crippen MR) is 69.4 cm³/mol. The highest BCUT2D eigenvalue weighted by molar-refractivity contribution is 7.13. The molecule has 6 nitrogen and oxygen atoms in total. The molecule has 0 bridgehead atoms. The number of morpholine rings is 1. The first-order chi connectivity index (χ1) is 8.75. The zero-order valence-corrected chi connectivity index (χ0v) is 10.9. The van der Waals surface area contributed by atoms with Gasteiger partial charge >= 0.3 is 5.97 Å². The van der Waals surface area contributed by atoms with E-state index in [1.54, 1.807) is 5.38 Å². The molecule has 1 aliphatic heterocycles. The molecule has 18 heavy (non-hydrogen) atoms. The van der Waals surface area contributed by atoms with E-state index in [9.17, 15) is 4.79 Å². The third-order valence-electron chi connectivity index (χ3n) is 2.75. The predicted octanol–water partition coefficient (Wildman–Crippen LogP) is 0.976. The van der Waals surface area contributed by atoms with Gasteiger partial charge in [0.15, 0.2) is 10.8 Å². The van der Waals surface area contributed by atoms with Crippen LogP contribution in [0.15, 0.2) is 5.38 Å². The van der Waals surface area contributed by atoms with E-state index in [2.05, 4.69) is 15.2 Å². The standard InChI is InChI=1S/C11H17N3O3S/c15-10(16)9-8-18-11(13-9)12-2-1-3-14-4-6-17-7-5-14/h8H,1-7H2,(H,12,13)(H,15,16). The number of carbonyl (C=O) groups is 1. The van der Waals surface area contributed by atoms with Crippen molar-refractivity contribution in [2.75, 3.05) is 44.7 Å². The summed E-state index contributed by atoms with van der Waals surface area (Å²) < 4.78 is 5.28. The summed E-state index contributed by atoms with van der Waals surface area (Å²) in [5, 5.41) is 14.1. The molecule has 1 saturated heterocycles. The highest BCUT2D eigenvalue weighted by Crippen LogP contribution is 2.15. The van der Waals surface area contributed by atoms with Crippen LogP contribution in [0.25, 0.3) is 0 Å². The molecule has 2 N–H and O–H groups in total. The number of thiazole rings is 1. The van der Waals surface area contributed by atoms with Crippen molar-refractivity contribution in [1.29, 1.82) is 0 Å². The maximum absolute atomic E-state index is 10.6. The molecule has 1 aliphatic rings. The molecule has 0 radical (unpaired) electrons. The second-order valence-corrected chi connectivity index (χ2v) is 4.94. The molecule has 2 heterocycles. The minimum absolute atomic E-state index is 0.107. The molecule has 2 rings (SSSR count). The average Bonchev–Trinajstić information content (AvgIpc) is 2.85. The van der Waals surface area contributed by atoms with Gasteiger partial charge in [0.05, 0.1) is 13.2 Å². The first-order valence-electron chi connectivity index (χ1n) is 5.98. The van der Waals surface area contributed by atoms with E-state index in [1.807, 2.05) is 0 Å². The van der Waals surface area contributed by atoms with Crippen molar-refractivity contribution in [3.8, 4) is 0 Å². The number of carboxylic acid groups (broad SMARTS) is 1. The summed E-state index contributed by atoms with van der Waals surface area (Å²) in [5.41, 5.74) is 0.107. The number of carboxylic acids is 1. The molecule has 0 unspecified atom stereocenters. The van der Waals surface area contributed by atoms with Crippen LogP contribution in [-0.4, -0.2) is 60.4 Å². The molecule has 0 atom stereocenters. The molecule has 1 aromatic heterocycles. The summed E-state index contributed by atoms with van der Waals surface area (Å²) >= 11 is 1.33. The molecule has 0 amide bonds. The van der Waals surface area contributed by atoms with Gasteiger partial charge in [0.2, 0.25) is 0 Å². The van der Waals surface area contributed by atoms with Gasteiger partial charge in [0.1, 0.15) is 0 Å². The van der Waals surface area contributed by atoms with Crippen LogP contribution >= 0.6 is 11.3 Å². The Morgan fingerprint density at radius 3 is 3.00 bits per heavy atom. The minimum Gasteiger partial charge on any atom is -0.476 e. The van der Waals surface area contributed by atoms with E-state index >= 15 is 0 Å². The van der Waals surface area contributed by atoms with Crippen molar-refractivity contribution in [3.05, 3.63) is 11.1 Å². The molecule has 0 aromatic carbocycles. The summed E-state index contributed by atoms with van der Waals surface area (Å²) in [6.07, 6.45) is 1.02. The van der Waals surface area contributed by atoms with Gasteiger partial charge < -0.3 is 15.2 Å². The molecule has 1 aromatic rings. The van der Waals surface area contributed by atoms with Gasteiger partial charge in [-0.1, -0.05) is 0 Å². The summed E-state index contributed by atoms with van der Waals surface area (Å²) in [6, 6.07) is 0. The highest BCUT2D eigenvalue weighted by atomic mass is 32.1. The minimum atomic E-state index is -0.979. The van der Waals surface area contributed by atoms with Crippen molar-refractivity contribution in [1.82, 2.24) is 9.88 Å². The lowest BCUT2D eigenvalue weighted by Crippen LogP contribution is -2.37. The maximum Gasteiger partial charge on any atom is 0.355 e. The number of aromatic nitrogens is 1. The van der Waals surface area contributed by atoms with E-state index < -0.39 is 5.97 Å². The van der Waals surface area contributed by atoms with Crippen LogP contribution in [0.4, 0.5) is 5.13 Å². The lowest BCUT2D eigenvalue weighted by Gasteiger charge is -2.26. The number of nitrogens with one attached hydrogen (secondary N) is 1. The quantitative estimate of drug-likeness (QED) is 0.751. The van der Waals surface area contributed by atoms with Crippen LogP contribution in [0.5, 0.6) is 0 Å². The van der Waals surface area contributed by atoms with Crippen LogP contribution in [0.1, 0.15) is 16.9 Å². The second-order valence-electron chi connectivity index (χ2n) is 4.08. The number of anilines is 1. The van der Waals surface area contributed by atoms with Crippen molar-refractivity contribution in [3.63, 3.8) is 0 Å². The Labute approximate surface area is 110 Å². The smallest absolute Gasteiger partial charge is 0.355 e. The lowest BCUT2D eigenvalue weighted by atomic mass is 10.3. The van der Waals surface area contributed by atoms with Gasteiger partial charge in [-0.3, -0.25) is 4.90 Å². The van der Waals surface area contributed by atoms with Crippen LogP contribution in [-0.2, 0) is 4.74 Å². The van der Waals surface area contributed by atoms with Gasteiger partial charge in [-0.25, -0.2) is 9.78 Å². The summed E-state index contributed by atoms with van der Waals surface area (Å²) in [4.78, 5) is 17.0. The molecule has 0 saturated carbocycles. The number of ether oxygens (including phenoxy) is 1. The Bertz CT molecular complexity index is 391. The Morgan fingerprint density at radius 2 is 2.33 bits per heavy atom. The van der Waals surface area contributed by atoms with Crippen LogP contribution in [0.2, 0.25) is 0 Å². The molecule has 7 heteroatoms. The molecular formula is C11H17N3O3S. The number of hydrogen-bond donors (Lipinski definition) is 2. The van der Waals surface area contributed by atoms with Crippen LogP contribution < -0.4 is 5.32 Å². The second kappa shape index (κ2) is 6.67. The fourth-order valence-electron chi connectivity index (χ4n) is 1.78. The van der Waals surface area contributed by atoms with E-state index in [-0.39, 0.29) is 5.69 Å². The number of hydrogen-bond acceptors (Lipinski definition) is 6. The zero-order valence-electron chi connectivity index (χ0n) is 10.1. The Hall–Kier alpha value is -1.18. The molecule has 0 spiro atoms. The fourth-order valence-corrected chi connectivity index (χ4v) is 2.49. The summed E-state index contributed by atoms with van der Waals surface area (Å²) in [6.45, 7) is 5.49. The molecule has 1 fully saturated rings. The number of aromatic carboxylic acids is 1. The zero-order chi connectivity index (χ0) is 12.8. The Kier molecular flexibility index (Phi) is 4.91. The lowest BCUT2D eigenvalue weighted by molar-refractivity contribution is 0.0378. The van der Waals surface area contributed by atoms with E-state index in [4.69, 9.17) is 9.84 Å². The maximum atomic E-state index is 10.6. The SMILES string of the molecule is O=C(O)c1csc(NCCCN2CCOCC2)n1. The van der Waals surface area contributed by atoms with Crippen molar-refractivity contribution in [2.24, 2.45) is 0 Å². The van der Waals surface area contributed by atoms with Crippen LogP contribution in [0, 0.1) is 0 Å².